The zero-order valence-corrected chi connectivity index (χ0v) is 7.12. The minimum absolute atomic E-state index is 0.0523. The van der Waals surface area contributed by atoms with Crippen LogP contribution in [0.5, 0.6) is 0 Å². The standard InChI is InChI=1S/C8H13NO3/c1-2-3-7-9-5-6(12-7)4-8(10)11/h6H,2-5H2,1H3,(H,10,11). The molecule has 0 aromatic heterocycles. The molecule has 1 N–H and O–H groups in total. The molecule has 1 aliphatic rings. The van der Waals surface area contributed by atoms with Crippen molar-refractivity contribution in [1.29, 1.82) is 0 Å². The van der Waals surface area contributed by atoms with Crippen molar-refractivity contribution in [2.24, 2.45) is 4.99 Å². The van der Waals surface area contributed by atoms with Crippen LogP contribution in [0.25, 0.3) is 0 Å². The van der Waals surface area contributed by atoms with E-state index in [1.54, 1.807) is 0 Å². The molecule has 1 unspecified atom stereocenters. The van der Waals surface area contributed by atoms with E-state index in [1.165, 1.54) is 0 Å². The predicted molar refractivity (Wildman–Crippen MR) is 44.3 cm³/mol. The Morgan fingerprint density at radius 3 is 3.17 bits per heavy atom. The van der Waals surface area contributed by atoms with Crippen LogP contribution in [0.2, 0.25) is 0 Å². The Morgan fingerprint density at radius 2 is 2.58 bits per heavy atom. The summed E-state index contributed by atoms with van der Waals surface area (Å²) in [6, 6.07) is 0. The monoisotopic (exact) mass is 171 g/mol. The summed E-state index contributed by atoms with van der Waals surface area (Å²) in [4.78, 5) is 14.4. The Bertz CT molecular complexity index is 200. The summed E-state index contributed by atoms with van der Waals surface area (Å²) in [5.74, 6) is -0.114. The lowest BCUT2D eigenvalue weighted by Crippen LogP contribution is -2.17. The van der Waals surface area contributed by atoms with Crippen LogP contribution in [-0.2, 0) is 9.53 Å². The van der Waals surface area contributed by atoms with Gasteiger partial charge in [0.05, 0.1) is 13.0 Å². The molecule has 0 aromatic rings. The van der Waals surface area contributed by atoms with Gasteiger partial charge in [0.25, 0.3) is 0 Å². The molecule has 68 valence electrons. The normalized spacial score (nSPS) is 21.8. The molecule has 4 heteroatoms. The van der Waals surface area contributed by atoms with Gasteiger partial charge in [-0.3, -0.25) is 9.79 Å². The van der Waals surface area contributed by atoms with Gasteiger partial charge < -0.3 is 9.84 Å². The second-order valence-corrected chi connectivity index (χ2v) is 2.82. The van der Waals surface area contributed by atoms with Crippen molar-refractivity contribution >= 4 is 11.9 Å². The molecule has 0 amide bonds. The van der Waals surface area contributed by atoms with E-state index >= 15 is 0 Å². The maximum atomic E-state index is 10.3. The molecule has 0 radical (unpaired) electrons. The number of carbonyl (C=O) groups is 1. The highest BCUT2D eigenvalue weighted by atomic mass is 16.5. The minimum Gasteiger partial charge on any atom is -0.481 e. The van der Waals surface area contributed by atoms with Gasteiger partial charge in [-0.2, -0.15) is 0 Å². The van der Waals surface area contributed by atoms with Crippen molar-refractivity contribution in [2.75, 3.05) is 6.54 Å². The number of carboxylic acid groups (broad SMARTS) is 1. The van der Waals surface area contributed by atoms with Gasteiger partial charge in [0.2, 0.25) is 0 Å². The van der Waals surface area contributed by atoms with Gasteiger partial charge in [-0.25, -0.2) is 0 Å². The van der Waals surface area contributed by atoms with E-state index in [1.807, 2.05) is 6.92 Å². The second kappa shape index (κ2) is 4.09. The first-order chi connectivity index (χ1) is 5.72. The molecule has 1 aliphatic heterocycles. The maximum absolute atomic E-state index is 10.3. The quantitative estimate of drug-likeness (QED) is 0.688. The Labute approximate surface area is 71.3 Å². The summed E-state index contributed by atoms with van der Waals surface area (Å²) in [5, 5.41) is 8.46. The molecule has 0 bridgehead atoms. The van der Waals surface area contributed by atoms with E-state index in [9.17, 15) is 4.79 Å². The fourth-order valence-electron chi connectivity index (χ4n) is 1.12. The average Bonchev–Trinajstić information content (AvgIpc) is 2.36. The Hall–Kier alpha value is -1.06. The summed E-state index contributed by atoms with van der Waals surface area (Å²) in [5.41, 5.74) is 0. The summed E-state index contributed by atoms with van der Waals surface area (Å²) < 4.78 is 5.28. The summed E-state index contributed by atoms with van der Waals surface area (Å²) in [7, 11) is 0. The molecule has 12 heavy (non-hydrogen) atoms. The molecule has 0 aromatic carbocycles. The zero-order chi connectivity index (χ0) is 8.97. The van der Waals surface area contributed by atoms with Crippen molar-refractivity contribution in [3.05, 3.63) is 0 Å². The lowest BCUT2D eigenvalue weighted by atomic mass is 10.3. The summed E-state index contributed by atoms with van der Waals surface area (Å²) >= 11 is 0. The first-order valence-corrected chi connectivity index (χ1v) is 4.14. The number of rotatable bonds is 4. The van der Waals surface area contributed by atoms with E-state index in [2.05, 4.69) is 4.99 Å². The van der Waals surface area contributed by atoms with Crippen LogP contribution in [-0.4, -0.2) is 29.6 Å². The van der Waals surface area contributed by atoms with Crippen molar-refractivity contribution in [1.82, 2.24) is 0 Å². The van der Waals surface area contributed by atoms with Crippen LogP contribution >= 0.6 is 0 Å². The van der Waals surface area contributed by atoms with E-state index in [0.29, 0.717) is 12.4 Å². The molecule has 1 heterocycles. The number of ether oxygens (including phenoxy) is 1. The zero-order valence-electron chi connectivity index (χ0n) is 7.12. The predicted octanol–water partition coefficient (Wildman–Crippen LogP) is 1.06. The highest BCUT2D eigenvalue weighted by molar-refractivity contribution is 5.78. The smallest absolute Gasteiger partial charge is 0.307 e. The second-order valence-electron chi connectivity index (χ2n) is 2.82. The van der Waals surface area contributed by atoms with Gasteiger partial charge in [-0.05, 0) is 6.42 Å². The van der Waals surface area contributed by atoms with Gasteiger partial charge in [0.1, 0.15) is 6.10 Å². The summed E-state index contributed by atoms with van der Waals surface area (Å²) in [6.07, 6.45) is 1.62. The number of hydrogen-bond acceptors (Lipinski definition) is 3. The van der Waals surface area contributed by atoms with Crippen molar-refractivity contribution in [2.45, 2.75) is 32.3 Å². The summed E-state index contributed by atoms with van der Waals surface area (Å²) in [6.45, 7) is 2.54. The lowest BCUT2D eigenvalue weighted by molar-refractivity contribution is -0.138. The molecule has 0 saturated heterocycles. The Balaban J connectivity index is 2.26. The average molecular weight is 171 g/mol. The van der Waals surface area contributed by atoms with Crippen LogP contribution in [0.4, 0.5) is 0 Å². The van der Waals surface area contributed by atoms with E-state index < -0.39 is 5.97 Å². The van der Waals surface area contributed by atoms with Gasteiger partial charge in [0.15, 0.2) is 5.90 Å². The van der Waals surface area contributed by atoms with Gasteiger partial charge in [-0.1, -0.05) is 6.92 Å². The van der Waals surface area contributed by atoms with Gasteiger partial charge in [0, 0.05) is 6.42 Å². The molecule has 0 fully saturated rings. The van der Waals surface area contributed by atoms with Gasteiger partial charge >= 0.3 is 5.97 Å². The van der Waals surface area contributed by atoms with Crippen LogP contribution < -0.4 is 0 Å². The fraction of sp³-hybridized carbons (Fsp3) is 0.750. The molecule has 1 atom stereocenters. The maximum Gasteiger partial charge on any atom is 0.307 e. The van der Waals surface area contributed by atoms with Crippen LogP contribution in [0.3, 0.4) is 0 Å². The first kappa shape index (κ1) is 9.03. The third-order valence-electron chi connectivity index (χ3n) is 1.64. The van der Waals surface area contributed by atoms with Crippen LogP contribution in [0, 0.1) is 0 Å². The minimum atomic E-state index is -0.826. The van der Waals surface area contributed by atoms with Crippen molar-refractivity contribution < 1.29 is 14.6 Å². The van der Waals surface area contributed by atoms with E-state index in [0.717, 1.165) is 12.8 Å². The molecule has 0 spiro atoms. The largest absolute Gasteiger partial charge is 0.481 e. The Kier molecular flexibility index (Phi) is 3.08. The number of hydrogen-bond donors (Lipinski definition) is 1. The third kappa shape index (κ3) is 2.53. The highest BCUT2D eigenvalue weighted by Gasteiger charge is 2.21. The van der Waals surface area contributed by atoms with Crippen LogP contribution in [0.15, 0.2) is 4.99 Å². The fourth-order valence-corrected chi connectivity index (χ4v) is 1.12. The third-order valence-corrected chi connectivity index (χ3v) is 1.64. The molecule has 4 nitrogen and oxygen atoms in total. The highest BCUT2D eigenvalue weighted by Crippen LogP contribution is 2.11. The Morgan fingerprint density at radius 1 is 1.83 bits per heavy atom. The molecule has 0 aliphatic carbocycles. The number of carboxylic acids is 1. The van der Waals surface area contributed by atoms with Crippen molar-refractivity contribution in [3.63, 3.8) is 0 Å². The molecule has 0 saturated carbocycles. The number of nitrogens with zero attached hydrogens (tertiary/aromatic N) is 1. The van der Waals surface area contributed by atoms with E-state index in [-0.39, 0.29) is 12.5 Å². The molecular weight excluding hydrogens is 158 g/mol. The van der Waals surface area contributed by atoms with Crippen LogP contribution in [0.1, 0.15) is 26.2 Å². The number of aliphatic imine (C=N–C) groups is 1. The molecular formula is C8H13NO3. The molecule has 1 rings (SSSR count). The first-order valence-electron chi connectivity index (χ1n) is 4.14. The van der Waals surface area contributed by atoms with Crippen molar-refractivity contribution in [3.8, 4) is 0 Å². The topological polar surface area (TPSA) is 58.9 Å². The van der Waals surface area contributed by atoms with Gasteiger partial charge in [-0.15, -0.1) is 0 Å². The lowest BCUT2D eigenvalue weighted by Gasteiger charge is -2.07. The SMILES string of the molecule is CCCC1=NCC(CC(=O)O)O1. The number of aliphatic carboxylic acids is 1. The van der Waals surface area contributed by atoms with E-state index in [4.69, 9.17) is 9.84 Å².